The van der Waals surface area contributed by atoms with Gasteiger partial charge in [-0.05, 0) is 29.3 Å². The largest absolute Gasteiger partial charge is 0.481 e. The maximum absolute atomic E-state index is 13.1. The summed E-state index contributed by atoms with van der Waals surface area (Å²) in [6, 6.07) is 1.26. The number of halogens is 1. The lowest BCUT2D eigenvalue weighted by atomic mass is 10.1. The number of hydrogen-bond donors (Lipinski definition) is 1. The summed E-state index contributed by atoms with van der Waals surface area (Å²) in [5.41, 5.74) is -0.364. The molecule has 2 aromatic heterocycles. The van der Waals surface area contributed by atoms with Crippen molar-refractivity contribution in [2.24, 2.45) is 5.41 Å². The third kappa shape index (κ3) is 2.05. The van der Waals surface area contributed by atoms with Crippen LogP contribution in [0.1, 0.15) is 12.8 Å². The molecule has 1 N–H and O–H groups in total. The standard InChI is InChI=1S/C11H10FN5O2/c12-8-3-7(4-13-5-8)9-14-15-16-17(9)6-11(1-2-11)10(18)19/h3-5H,1-2,6H2,(H,18,19). The molecule has 1 aliphatic rings. The molecule has 1 fully saturated rings. The van der Waals surface area contributed by atoms with Gasteiger partial charge in [-0.1, -0.05) is 0 Å². The molecule has 3 rings (SSSR count). The van der Waals surface area contributed by atoms with E-state index in [1.165, 1.54) is 16.9 Å². The molecule has 0 radical (unpaired) electrons. The first-order valence-corrected chi connectivity index (χ1v) is 5.71. The third-order valence-corrected chi connectivity index (χ3v) is 3.25. The number of hydrogen-bond acceptors (Lipinski definition) is 5. The zero-order valence-corrected chi connectivity index (χ0v) is 9.82. The highest BCUT2D eigenvalue weighted by atomic mass is 19.1. The molecule has 19 heavy (non-hydrogen) atoms. The van der Waals surface area contributed by atoms with Gasteiger partial charge in [0.15, 0.2) is 5.82 Å². The molecule has 1 saturated carbocycles. The van der Waals surface area contributed by atoms with Gasteiger partial charge in [-0.2, -0.15) is 0 Å². The Hall–Kier alpha value is -2.38. The van der Waals surface area contributed by atoms with Crippen molar-refractivity contribution in [1.29, 1.82) is 0 Å². The molecule has 0 spiro atoms. The van der Waals surface area contributed by atoms with Crippen molar-refractivity contribution in [3.63, 3.8) is 0 Å². The number of rotatable bonds is 4. The second kappa shape index (κ2) is 4.08. The van der Waals surface area contributed by atoms with Gasteiger partial charge in [0.05, 0.1) is 18.2 Å². The first-order chi connectivity index (χ1) is 9.11. The molecule has 0 unspecified atom stereocenters. The van der Waals surface area contributed by atoms with E-state index in [1.807, 2.05) is 0 Å². The minimum Gasteiger partial charge on any atom is -0.481 e. The SMILES string of the molecule is O=C(O)C1(Cn2nnnc2-c2cncc(F)c2)CC1. The number of tetrazole rings is 1. The number of carboxylic acid groups (broad SMARTS) is 1. The predicted molar refractivity (Wildman–Crippen MR) is 60.3 cm³/mol. The lowest BCUT2D eigenvalue weighted by molar-refractivity contribution is -0.144. The van der Waals surface area contributed by atoms with E-state index in [-0.39, 0.29) is 6.54 Å². The maximum atomic E-state index is 13.1. The van der Waals surface area contributed by atoms with Crippen LogP contribution < -0.4 is 0 Å². The molecular formula is C11H10FN5O2. The van der Waals surface area contributed by atoms with Crippen molar-refractivity contribution in [3.05, 3.63) is 24.3 Å². The average Bonchev–Trinajstić information content (AvgIpc) is 3.01. The lowest BCUT2D eigenvalue weighted by Gasteiger charge is -2.10. The minimum atomic E-state index is -0.855. The summed E-state index contributed by atoms with van der Waals surface area (Å²) in [5, 5.41) is 20.2. The van der Waals surface area contributed by atoms with Crippen LogP contribution in [0.4, 0.5) is 4.39 Å². The van der Waals surface area contributed by atoms with E-state index >= 15 is 0 Å². The number of carboxylic acids is 1. The lowest BCUT2D eigenvalue weighted by Crippen LogP contribution is -2.22. The van der Waals surface area contributed by atoms with E-state index in [0.29, 0.717) is 24.2 Å². The van der Waals surface area contributed by atoms with Gasteiger partial charge in [0.2, 0.25) is 0 Å². The Labute approximate surface area is 107 Å². The molecule has 0 saturated heterocycles. The Morgan fingerprint density at radius 3 is 2.89 bits per heavy atom. The van der Waals surface area contributed by atoms with Gasteiger partial charge in [-0.25, -0.2) is 9.07 Å². The Morgan fingerprint density at radius 2 is 2.26 bits per heavy atom. The fourth-order valence-corrected chi connectivity index (χ4v) is 1.93. The van der Waals surface area contributed by atoms with Gasteiger partial charge in [-0.3, -0.25) is 9.78 Å². The van der Waals surface area contributed by atoms with Gasteiger partial charge in [-0.15, -0.1) is 5.10 Å². The summed E-state index contributed by atoms with van der Waals surface area (Å²) in [6.07, 6.45) is 3.72. The average molecular weight is 263 g/mol. The van der Waals surface area contributed by atoms with Crippen LogP contribution in [0.2, 0.25) is 0 Å². The number of carbonyl (C=O) groups is 1. The predicted octanol–water partition coefficient (Wildman–Crippen LogP) is 0.739. The maximum Gasteiger partial charge on any atom is 0.311 e. The van der Waals surface area contributed by atoms with Gasteiger partial charge in [0.1, 0.15) is 5.82 Å². The van der Waals surface area contributed by atoms with E-state index in [1.54, 1.807) is 0 Å². The fourth-order valence-electron chi connectivity index (χ4n) is 1.93. The normalized spacial score (nSPS) is 16.3. The van der Waals surface area contributed by atoms with Crippen LogP contribution in [-0.2, 0) is 11.3 Å². The first kappa shape index (κ1) is 11.7. The first-order valence-electron chi connectivity index (χ1n) is 5.71. The molecular weight excluding hydrogens is 253 g/mol. The van der Waals surface area contributed by atoms with Crippen molar-refractivity contribution in [1.82, 2.24) is 25.2 Å². The molecule has 0 aliphatic heterocycles. The summed E-state index contributed by atoms with van der Waals surface area (Å²) in [4.78, 5) is 14.9. The molecule has 0 bridgehead atoms. The summed E-state index contributed by atoms with van der Waals surface area (Å²) in [5.74, 6) is -1.03. The van der Waals surface area contributed by atoms with Gasteiger partial charge >= 0.3 is 5.97 Å². The van der Waals surface area contributed by atoms with E-state index < -0.39 is 17.2 Å². The summed E-state index contributed by atoms with van der Waals surface area (Å²) in [7, 11) is 0. The van der Waals surface area contributed by atoms with Crippen molar-refractivity contribution in [3.8, 4) is 11.4 Å². The Balaban J connectivity index is 1.93. The van der Waals surface area contributed by atoms with Crippen LogP contribution in [0.3, 0.4) is 0 Å². The van der Waals surface area contributed by atoms with Crippen LogP contribution in [0.15, 0.2) is 18.5 Å². The molecule has 1 aliphatic carbocycles. The fraction of sp³-hybridized carbons (Fsp3) is 0.364. The van der Waals surface area contributed by atoms with Crippen molar-refractivity contribution >= 4 is 5.97 Å². The van der Waals surface area contributed by atoms with Crippen molar-refractivity contribution < 1.29 is 14.3 Å². The van der Waals surface area contributed by atoms with Crippen LogP contribution in [-0.4, -0.2) is 36.3 Å². The van der Waals surface area contributed by atoms with Gasteiger partial charge in [0, 0.05) is 11.8 Å². The second-order valence-corrected chi connectivity index (χ2v) is 4.64. The molecule has 8 heteroatoms. The van der Waals surface area contributed by atoms with Gasteiger partial charge < -0.3 is 5.11 Å². The minimum absolute atomic E-state index is 0.182. The van der Waals surface area contributed by atoms with E-state index in [2.05, 4.69) is 20.5 Å². The molecule has 2 aromatic rings. The van der Waals surface area contributed by atoms with Gasteiger partial charge in [0.25, 0.3) is 0 Å². The van der Waals surface area contributed by atoms with Crippen molar-refractivity contribution in [2.75, 3.05) is 0 Å². The Bertz CT molecular complexity index is 638. The highest BCUT2D eigenvalue weighted by molar-refractivity contribution is 5.77. The smallest absolute Gasteiger partial charge is 0.311 e. The number of pyridine rings is 1. The summed E-state index contributed by atoms with van der Waals surface area (Å²) >= 11 is 0. The van der Waals surface area contributed by atoms with Crippen LogP contribution in [0.25, 0.3) is 11.4 Å². The highest BCUT2D eigenvalue weighted by Crippen LogP contribution is 2.47. The number of nitrogens with zero attached hydrogens (tertiary/aromatic N) is 5. The molecule has 7 nitrogen and oxygen atoms in total. The number of aromatic nitrogens is 5. The molecule has 0 atom stereocenters. The monoisotopic (exact) mass is 263 g/mol. The third-order valence-electron chi connectivity index (χ3n) is 3.25. The van der Waals surface area contributed by atoms with E-state index in [9.17, 15) is 9.18 Å². The van der Waals surface area contributed by atoms with Crippen LogP contribution in [0.5, 0.6) is 0 Å². The van der Waals surface area contributed by atoms with E-state index in [0.717, 1.165) is 6.20 Å². The summed E-state index contributed by atoms with van der Waals surface area (Å²) in [6.45, 7) is 0.182. The molecule has 98 valence electrons. The van der Waals surface area contributed by atoms with Crippen molar-refractivity contribution in [2.45, 2.75) is 19.4 Å². The second-order valence-electron chi connectivity index (χ2n) is 4.64. The quantitative estimate of drug-likeness (QED) is 0.874. The van der Waals surface area contributed by atoms with Crippen LogP contribution in [0, 0.1) is 11.2 Å². The zero-order valence-electron chi connectivity index (χ0n) is 9.82. The number of aliphatic carboxylic acids is 1. The Morgan fingerprint density at radius 1 is 1.47 bits per heavy atom. The van der Waals surface area contributed by atoms with E-state index in [4.69, 9.17) is 5.11 Å². The molecule has 0 amide bonds. The zero-order chi connectivity index (χ0) is 13.5. The highest BCUT2D eigenvalue weighted by Gasteiger charge is 2.51. The molecule has 2 heterocycles. The topological polar surface area (TPSA) is 93.8 Å². The Kier molecular flexibility index (Phi) is 2.51. The van der Waals surface area contributed by atoms with Crippen LogP contribution >= 0.6 is 0 Å². The molecule has 0 aromatic carbocycles. The summed E-state index contributed by atoms with van der Waals surface area (Å²) < 4.78 is 14.5.